The smallest absolute Gasteiger partial charge is 0.410 e. The number of hydrogen-bond acceptors (Lipinski definition) is 4. The minimum atomic E-state index is -0.508. The highest BCUT2D eigenvalue weighted by Gasteiger charge is 2.32. The fraction of sp³-hybridized carbons (Fsp3) is 0.474. The van der Waals surface area contributed by atoms with Gasteiger partial charge in [0.1, 0.15) is 11.4 Å². The summed E-state index contributed by atoms with van der Waals surface area (Å²) in [6.07, 6.45) is 2.17. The highest BCUT2D eigenvalue weighted by atomic mass is 19.1. The van der Waals surface area contributed by atoms with Crippen LogP contribution in [-0.2, 0) is 4.74 Å². The molecule has 2 aromatic rings. The van der Waals surface area contributed by atoms with Gasteiger partial charge in [0.15, 0.2) is 0 Å². The van der Waals surface area contributed by atoms with Crippen molar-refractivity contribution in [3.8, 4) is 0 Å². The van der Waals surface area contributed by atoms with Gasteiger partial charge in [0, 0.05) is 49.5 Å². The number of hydrogen-bond donors (Lipinski definition) is 0. The summed E-state index contributed by atoms with van der Waals surface area (Å²) in [6, 6.07) is 6.86. The van der Waals surface area contributed by atoms with Gasteiger partial charge in [-0.25, -0.2) is 9.18 Å². The van der Waals surface area contributed by atoms with E-state index in [-0.39, 0.29) is 18.0 Å². The Morgan fingerprint density at radius 2 is 2.16 bits per heavy atom. The molecule has 2 heterocycles. The lowest BCUT2D eigenvalue weighted by Crippen LogP contribution is -2.39. The molecule has 1 amide bonds. The topological polar surface area (TPSA) is 45.7 Å². The average molecular weight is 345 g/mol. The number of halogens is 1. The molecule has 1 aliphatic heterocycles. The lowest BCUT2D eigenvalue weighted by atomic mass is 10.1. The Balaban J connectivity index is 1.79. The SMILES string of the molecule is CN(c1cc(F)cc2ncccc12)[C@H]1CCN(C(=O)OC(C)(C)C)C1. The molecule has 0 aliphatic carbocycles. The van der Waals surface area contributed by atoms with Crippen LogP contribution in [0.15, 0.2) is 30.5 Å². The first kappa shape index (κ1) is 17.5. The minimum Gasteiger partial charge on any atom is -0.444 e. The summed E-state index contributed by atoms with van der Waals surface area (Å²) in [5, 5.41) is 0.905. The number of aromatic nitrogens is 1. The predicted octanol–water partition coefficient (Wildman–Crippen LogP) is 3.82. The molecule has 0 unspecified atom stereocenters. The molecule has 5 nitrogen and oxygen atoms in total. The van der Waals surface area contributed by atoms with E-state index < -0.39 is 5.60 Å². The van der Waals surface area contributed by atoms with E-state index in [4.69, 9.17) is 4.74 Å². The van der Waals surface area contributed by atoms with Crippen LogP contribution in [0.1, 0.15) is 27.2 Å². The van der Waals surface area contributed by atoms with Crippen molar-refractivity contribution in [2.75, 3.05) is 25.0 Å². The number of fused-ring (bicyclic) bond motifs is 1. The first-order chi connectivity index (χ1) is 11.7. The third-order valence-electron chi connectivity index (χ3n) is 4.41. The van der Waals surface area contributed by atoms with Gasteiger partial charge in [0.25, 0.3) is 0 Å². The fourth-order valence-corrected chi connectivity index (χ4v) is 3.17. The van der Waals surface area contributed by atoms with E-state index in [1.54, 1.807) is 11.1 Å². The van der Waals surface area contributed by atoms with Crippen molar-refractivity contribution in [2.45, 2.75) is 38.8 Å². The van der Waals surface area contributed by atoms with Crippen LogP contribution in [0.3, 0.4) is 0 Å². The molecule has 0 spiro atoms. The number of rotatable bonds is 2. The van der Waals surface area contributed by atoms with E-state index in [0.29, 0.717) is 18.6 Å². The van der Waals surface area contributed by atoms with E-state index in [2.05, 4.69) is 4.98 Å². The maximum absolute atomic E-state index is 14.0. The van der Waals surface area contributed by atoms with Gasteiger partial charge in [-0.1, -0.05) is 0 Å². The largest absolute Gasteiger partial charge is 0.444 e. The van der Waals surface area contributed by atoms with Gasteiger partial charge in [0.05, 0.1) is 5.52 Å². The molecule has 1 aromatic heterocycles. The van der Waals surface area contributed by atoms with Crippen LogP contribution in [-0.4, -0.2) is 47.8 Å². The molecule has 0 bridgehead atoms. The van der Waals surface area contributed by atoms with E-state index in [0.717, 1.165) is 17.5 Å². The van der Waals surface area contributed by atoms with Gasteiger partial charge in [0.2, 0.25) is 0 Å². The Hall–Kier alpha value is -2.37. The second-order valence-electron chi connectivity index (χ2n) is 7.47. The second-order valence-corrected chi connectivity index (χ2v) is 7.47. The first-order valence-electron chi connectivity index (χ1n) is 8.49. The minimum absolute atomic E-state index is 0.109. The van der Waals surface area contributed by atoms with Crippen molar-refractivity contribution in [3.05, 3.63) is 36.3 Å². The van der Waals surface area contributed by atoms with Crippen molar-refractivity contribution >= 4 is 22.7 Å². The highest BCUT2D eigenvalue weighted by Crippen LogP contribution is 2.30. The molecule has 1 saturated heterocycles. The molecule has 1 aliphatic rings. The summed E-state index contributed by atoms with van der Waals surface area (Å²) in [5.74, 6) is -0.310. The van der Waals surface area contributed by atoms with Gasteiger partial charge in [-0.3, -0.25) is 4.98 Å². The number of pyridine rings is 1. The number of carbonyl (C=O) groups is 1. The standard InChI is InChI=1S/C19H24FN3O2/c1-19(2,3)25-18(24)23-9-7-14(12-23)22(4)17-11-13(20)10-16-15(17)6-5-8-21-16/h5-6,8,10-11,14H,7,9,12H2,1-4H3/t14-/m0/s1. The van der Waals surface area contributed by atoms with Crippen LogP contribution in [0.2, 0.25) is 0 Å². The number of likely N-dealkylation sites (tertiary alicyclic amines) is 1. The summed E-state index contributed by atoms with van der Waals surface area (Å²) >= 11 is 0. The Morgan fingerprint density at radius 3 is 2.88 bits per heavy atom. The number of nitrogens with zero attached hydrogens (tertiary/aromatic N) is 3. The summed E-state index contributed by atoms with van der Waals surface area (Å²) < 4.78 is 19.4. The molecule has 6 heteroatoms. The van der Waals surface area contributed by atoms with Crippen molar-refractivity contribution in [2.24, 2.45) is 0 Å². The summed E-state index contributed by atoms with van der Waals surface area (Å²) in [7, 11) is 1.93. The Bertz CT molecular complexity index is 788. The first-order valence-corrected chi connectivity index (χ1v) is 8.49. The summed E-state index contributed by atoms with van der Waals surface area (Å²) in [6.45, 7) is 6.77. The van der Waals surface area contributed by atoms with Crippen LogP contribution < -0.4 is 4.90 Å². The summed E-state index contributed by atoms with van der Waals surface area (Å²) in [4.78, 5) is 20.2. The maximum Gasteiger partial charge on any atom is 0.410 e. The Labute approximate surface area is 147 Å². The van der Waals surface area contributed by atoms with Crippen LogP contribution in [0.25, 0.3) is 10.9 Å². The lowest BCUT2D eigenvalue weighted by molar-refractivity contribution is 0.0292. The summed E-state index contributed by atoms with van der Waals surface area (Å²) in [5.41, 5.74) is 0.913. The van der Waals surface area contributed by atoms with Gasteiger partial charge in [-0.15, -0.1) is 0 Å². The highest BCUT2D eigenvalue weighted by molar-refractivity contribution is 5.92. The number of carbonyl (C=O) groups excluding carboxylic acids is 1. The average Bonchev–Trinajstić information content (AvgIpc) is 3.02. The zero-order valence-electron chi connectivity index (χ0n) is 15.1. The molecule has 1 fully saturated rings. The monoisotopic (exact) mass is 345 g/mol. The van der Waals surface area contributed by atoms with E-state index in [9.17, 15) is 9.18 Å². The Kier molecular flexibility index (Phi) is 4.54. The van der Waals surface area contributed by atoms with Crippen LogP contribution in [0.5, 0.6) is 0 Å². The molecule has 0 N–H and O–H groups in total. The fourth-order valence-electron chi connectivity index (χ4n) is 3.17. The van der Waals surface area contributed by atoms with E-state index in [1.807, 2.05) is 44.9 Å². The molecule has 1 aromatic carbocycles. The van der Waals surface area contributed by atoms with Gasteiger partial charge < -0.3 is 14.5 Å². The molecule has 134 valence electrons. The predicted molar refractivity (Wildman–Crippen MR) is 96.3 cm³/mol. The number of benzene rings is 1. The molecule has 1 atom stereocenters. The number of amides is 1. The van der Waals surface area contributed by atoms with E-state index in [1.165, 1.54) is 12.1 Å². The number of ether oxygens (including phenoxy) is 1. The normalized spacial score (nSPS) is 17.8. The van der Waals surface area contributed by atoms with Crippen LogP contribution >= 0.6 is 0 Å². The van der Waals surface area contributed by atoms with Crippen LogP contribution in [0, 0.1) is 5.82 Å². The van der Waals surface area contributed by atoms with Crippen molar-refractivity contribution in [3.63, 3.8) is 0 Å². The third-order valence-corrected chi connectivity index (χ3v) is 4.41. The Morgan fingerprint density at radius 1 is 1.40 bits per heavy atom. The molecular formula is C19H24FN3O2. The number of anilines is 1. The van der Waals surface area contributed by atoms with Gasteiger partial charge in [-0.2, -0.15) is 0 Å². The van der Waals surface area contributed by atoms with Crippen molar-refractivity contribution < 1.29 is 13.9 Å². The molecule has 3 rings (SSSR count). The lowest BCUT2D eigenvalue weighted by Gasteiger charge is -2.29. The quantitative estimate of drug-likeness (QED) is 0.830. The van der Waals surface area contributed by atoms with Crippen LogP contribution in [0.4, 0.5) is 14.9 Å². The third kappa shape index (κ3) is 3.83. The van der Waals surface area contributed by atoms with Gasteiger partial charge >= 0.3 is 6.09 Å². The second kappa shape index (κ2) is 6.50. The van der Waals surface area contributed by atoms with Gasteiger partial charge in [-0.05, 0) is 45.4 Å². The van der Waals surface area contributed by atoms with Crippen molar-refractivity contribution in [1.29, 1.82) is 0 Å². The zero-order chi connectivity index (χ0) is 18.2. The molecular weight excluding hydrogens is 321 g/mol. The van der Waals surface area contributed by atoms with Crippen molar-refractivity contribution in [1.82, 2.24) is 9.88 Å². The maximum atomic E-state index is 14.0. The molecule has 25 heavy (non-hydrogen) atoms. The molecule has 0 saturated carbocycles. The number of likely N-dealkylation sites (N-methyl/N-ethyl adjacent to an activating group) is 1. The van der Waals surface area contributed by atoms with E-state index >= 15 is 0 Å². The molecule has 0 radical (unpaired) electrons. The zero-order valence-corrected chi connectivity index (χ0v) is 15.1.